The summed E-state index contributed by atoms with van der Waals surface area (Å²) >= 11 is 0. The fourth-order valence-electron chi connectivity index (χ4n) is 1.66. The maximum Gasteiger partial charge on any atom is 0.310 e. The smallest absolute Gasteiger partial charge is 0.310 e. The van der Waals surface area contributed by atoms with E-state index in [-0.39, 0.29) is 11.7 Å². The van der Waals surface area contributed by atoms with Crippen molar-refractivity contribution >= 4 is 11.4 Å². The first kappa shape index (κ1) is 13.4. The highest BCUT2D eigenvalue weighted by molar-refractivity contribution is 5.60. The van der Waals surface area contributed by atoms with E-state index < -0.39 is 4.92 Å². The van der Waals surface area contributed by atoms with Crippen LogP contribution in [-0.2, 0) is 0 Å². The molecule has 0 aliphatic heterocycles. The van der Waals surface area contributed by atoms with Gasteiger partial charge in [-0.25, -0.2) is 0 Å². The van der Waals surface area contributed by atoms with Crippen LogP contribution >= 0.6 is 0 Å². The summed E-state index contributed by atoms with van der Waals surface area (Å²) in [7, 11) is 0. The third kappa shape index (κ3) is 3.99. The van der Waals surface area contributed by atoms with Crippen molar-refractivity contribution in [2.24, 2.45) is 11.7 Å². The Morgan fingerprint density at radius 2 is 2.29 bits per heavy atom. The van der Waals surface area contributed by atoms with Gasteiger partial charge in [0.25, 0.3) is 0 Å². The molecule has 6 heteroatoms. The maximum absolute atomic E-state index is 10.8. The molecule has 1 atom stereocenters. The minimum atomic E-state index is -0.446. The summed E-state index contributed by atoms with van der Waals surface area (Å²) in [5.41, 5.74) is 6.10. The van der Waals surface area contributed by atoms with Crippen molar-refractivity contribution < 1.29 is 4.92 Å². The molecule has 0 bridgehead atoms. The molecular weight excluding hydrogens is 220 g/mol. The van der Waals surface area contributed by atoms with Gasteiger partial charge < -0.3 is 11.1 Å². The Bertz CT molecular complexity index is 381. The standard InChI is InChI=1S/C11H18N4O2/c1-8(2)5-9(6-12)14-10-3-4-13-7-11(10)15(16)17/h3-4,7-9H,5-6,12H2,1-2H3,(H,13,14). The summed E-state index contributed by atoms with van der Waals surface area (Å²) in [5.74, 6) is 0.483. The lowest BCUT2D eigenvalue weighted by Gasteiger charge is -2.19. The van der Waals surface area contributed by atoms with Crippen molar-refractivity contribution in [2.75, 3.05) is 11.9 Å². The van der Waals surface area contributed by atoms with Gasteiger partial charge in [0.15, 0.2) is 0 Å². The molecule has 94 valence electrons. The van der Waals surface area contributed by atoms with Gasteiger partial charge in [0.1, 0.15) is 11.9 Å². The van der Waals surface area contributed by atoms with Crippen LogP contribution in [0.1, 0.15) is 20.3 Å². The molecule has 0 amide bonds. The van der Waals surface area contributed by atoms with Crippen molar-refractivity contribution in [1.82, 2.24) is 4.98 Å². The van der Waals surface area contributed by atoms with Gasteiger partial charge in [0, 0.05) is 18.8 Å². The molecule has 3 N–H and O–H groups in total. The normalized spacial score (nSPS) is 12.5. The number of nitrogens with two attached hydrogens (primary N) is 1. The van der Waals surface area contributed by atoms with Crippen molar-refractivity contribution in [3.8, 4) is 0 Å². The molecule has 0 fully saturated rings. The highest BCUT2D eigenvalue weighted by atomic mass is 16.6. The summed E-state index contributed by atoms with van der Waals surface area (Å²) < 4.78 is 0. The average molecular weight is 238 g/mol. The number of aromatic nitrogens is 1. The monoisotopic (exact) mass is 238 g/mol. The van der Waals surface area contributed by atoms with Gasteiger partial charge in [-0.2, -0.15) is 0 Å². The predicted octanol–water partition coefficient (Wildman–Crippen LogP) is 1.78. The van der Waals surface area contributed by atoms with Crippen LogP contribution in [0.4, 0.5) is 11.4 Å². The van der Waals surface area contributed by atoms with E-state index in [0.717, 1.165) is 6.42 Å². The minimum Gasteiger partial charge on any atom is -0.375 e. The second-order valence-corrected chi connectivity index (χ2v) is 4.36. The molecule has 0 aliphatic carbocycles. The van der Waals surface area contributed by atoms with Gasteiger partial charge >= 0.3 is 5.69 Å². The highest BCUT2D eigenvalue weighted by Crippen LogP contribution is 2.23. The van der Waals surface area contributed by atoms with E-state index in [4.69, 9.17) is 5.73 Å². The van der Waals surface area contributed by atoms with Gasteiger partial charge in [-0.05, 0) is 18.4 Å². The van der Waals surface area contributed by atoms with Gasteiger partial charge in [-0.1, -0.05) is 13.8 Å². The third-order valence-corrected chi connectivity index (χ3v) is 2.40. The Kier molecular flexibility index (Phi) is 4.84. The molecular formula is C11H18N4O2. The summed E-state index contributed by atoms with van der Waals surface area (Å²) in [4.78, 5) is 14.1. The number of pyridine rings is 1. The number of nitro groups is 1. The average Bonchev–Trinajstić information content (AvgIpc) is 2.28. The van der Waals surface area contributed by atoms with Crippen LogP contribution in [0.25, 0.3) is 0 Å². The lowest BCUT2D eigenvalue weighted by molar-refractivity contribution is -0.384. The molecule has 0 aliphatic rings. The van der Waals surface area contributed by atoms with Gasteiger partial charge in [-0.15, -0.1) is 0 Å². The first-order chi connectivity index (χ1) is 8.04. The summed E-state index contributed by atoms with van der Waals surface area (Å²) in [6.07, 6.45) is 3.64. The molecule has 6 nitrogen and oxygen atoms in total. The topological polar surface area (TPSA) is 94.1 Å². The van der Waals surface area contributed by atoms with Crippen LogP contribution in [0.5, 0.6) is 0 Å². The molecule has 1 heterocycles. The quantitative estimate of drug-likeness (QED) is 0.582. The molecule has 1 rings (SSSR count). The Morgan fingerprint density at radius 3 is 2.82 bits per heavy atom. The number of nitrogens with one attached hydrogen (secondary N) is 1. The fourth-order valence-corrected chi connectivity index (χ4v) is 1.66. The molecule has 0 saturated heterocycles. The second-order valence-electron chi connectivity index (χ2n) is 4.36. The Hall–Kier alpha value is -1.69. The van der Waals surface area contributed by atoms with Gasteiger partial charge in [0.2, 0.25) is 0 Å². The number of hydrogen-bond donors (Lipinski definition) is 2. The molecule has 0 saturated carbocycles. The molecule has 0 aromatic carbocycles. The third-order valence-electron chi connectivity index (χ3n) is 2.40. The van der Waals surface area contributed by atoms with Gasteiger partial charge in [0.05, 0.1) is 4.92 Å². The zero-order valence-corrected chi connectivity index (χ0v) is 10.1. The molecule has 1 unspecified atom stereocenters. The summed E-state index contributed by atoms with van der Waals surface area (Å²) in [6.45, 7) is 4.62. The zero-order valence-electron chi connectivity index (χ0n) is 10.1. The van der Waals surface area contributed by atoms with E-state index in [0.29, 0.717) is 18.2 Å². The second kappa shape index (κ2) is 6.15. The molecule has 0 radical (unpaired) electrons. The highest BCUT2D eigenvalue weighted by Gasteiger charge is 2.16. The van der Waals surface area contributed by atoms with Crippen LogP contribution in [0.2, 0.25) is 0 Å². The lowest BCUT2D eigenvalue weighted by Crippen LogP contribution is -2.30. The molecule has 1 aromatic heterocycles. The van der Waals surface area contributed by atoms with Crippen molar-refractivity contribution in [1.29, 1.82) is 0 Å². The van der Waals surface area contributed by atoms with Crippen LogP contribution in [0, 0.1) is 16.0 Å². The first-order valence-corrected chi connectivity index (χ1v) is 5.59. The lowest BCUT2D eigenvalue weighted by atomic mass is 10.0. The van der Waals surface area contributed by atoms with Crippen LogP contribution in [0.3, 0.4) is 0 Å². The number of anilines is 1. The number of nitrogens with zero attached hydrogens (tertiary/aromatic N) is 2. The van der Waals surface area contributed by atoms with Crippen molar-refractivity contribution in [3.05, 3.63) is 28.6 Å². The van der Waals surface area contributed by atoms with E-state index in [1.54, 1.807) is 6.07 Å². The summed E-state index contributed by atoms with van der Waals surface area (Å²) in [5, 5.41) is 13.9. The van der Waals surface area contributed by atoms with E-state index in [9.17, 15) is 10.1 Å². The Balaban J connectivity index is 2.82. The molecule has 1 aromatic rings. The predicted molar refractivity (Wildman–Crippen MR) is 66.8 cm³/mol. The van der Waals surface area contributed by atoms with E-state index in [2.05, 4.69) is 24.1 Å². The van der Waals surface area contributed by atoms with E-state index >= 15 is 0 Å². The van der Waals surface area contributed by atoms with Gasteiger partial charge in [-0.3, -0.25) is 15.1 Å². The summed E-state index contributed by atoms with van der Waals surface area (Å²) in [6, 6.07) is 1.64. The van der Waals surface area contributed by atoms with E-state index in [1.165, 1.54) is 12.4 Å². The molecule has 17 heavy (non-hydrogen) atoms. The number of hydrogen-bond acceptors (Lipinski definition) is 5. The Labute approximate surface area is 100 Å². The largest absolute Gasteiger partial charge is 0.375 e. The number of rotatable bonds is 6. The van der Waals surface area contributed by atoms with Crippen LogP contribution in [0.15, 0.2) is 18.5 Å². The van der Waals surface area contributed by atoms with Crippen molar-refractivity contribution in [2.45, 2.75) is 26.3 Å². The molecule has 0 spiro atoms. The maximum atomic E-state index is 10.8. The van der Waals surface area contributed by atoms with Crippen LogP contribution < -0.4 is 11.1 Å². The minimum absolute atomic E-state index is 0.0188. The van der Waals surface area contributed by atoms with E-state index in [1.807, 2.05) is 0 Å². The van der Waals surface area contributed by atoms with Crippen LogP contribution in [-0.4, -0.2) is 22.5 Å². The zero-order chi connectivity index (χ0) is 12.8. The first-order valence-electron chi connectivity index (χ1n) is 5.59. The fraction of sp³-hybridized carbons (Fsp3) is 0.545. The Morgan fingerprint density at radius 1 is 1.59 bits per heavy atom. The SMILES string of the molecule is CC(C)CC(CN)Nc1ccncc1[N+](=O)[O-]. The van der Waals surface area contributed by atoms with Crippen molar-refractivity contribution in [3.63, 3.8) is 0 Å².